The number of likely N-dealkylation sites (tertiary alicyclic amines) is 1. The van der Waals surface area contributed by atoms with E-state index in [9.17, 15) is 4.79 Å². The number of ether oxygens (including phenoxy) is 1. The maximum atomic E-state index is 12.7. The van der Waals surface area contributed by atoms with E-state index >= 15 is 0 Å². The highest BCUT2D eigenvalue weighted by molar-refractivity contribution is 5.91. The average molecular weight is 277 g/mol. The minimum atomic E-state index is 0.0766. The van der Waals surface area contributed by atoms with Gasteiger partial charge in [0, 0.05) is 44.7 Å². The predicted octanol–water partition coefficient (Wildman–Crippen LogP) is 1.93. The molecular weight excluding hydrogens is 254 g/mol. The molecule has 1 atom stereocenters. The topological polar surface area (TPSA) is 47.4 Å². The van der Waals surface area contributed by atoms with Crippen molar-refractivity contribution in [3.8, 4) is 0 Å². The van der Waals surface area contributed by atoms with Gasteiger partial charge in [-0.3, -0.25) is 4.79 Å². The van der Waals surface area contributed by atoms with Gasteiger partial charge in [0.15, 0.2) is 5.82 Å². The third-order valence-electron chi connectivity index (χ3n) is 5.20. The second-order valence-corrected chi connectivity index (χ2v) is 5.94. The minimum Gasteiger partial charge on any atom is -0.381 e. The van der Waals surface area contributed by atoms with Crippen LogP contribution in [0, 0.1) is 5.41 Å². The summed E-state index contributed by atoms with van der Waals surface area (Å²) in [5.41, 5.74) is 0.261. The van der Waals surface area contributed by atoms with Gasteiger partial charge < -0.3 is 14.2 Å². The summed E-state index contributed by atoms with van der Waals surface area (Å²) in [5, 5.41) is 0. The number of carbonyl (C=O) groups is 1. The molecule has 2 aliphatic rings. The molecule has 2 aliphatic heterocycles. The highest BCUT2D eigenvalue weighted by Crippen LogP contribution is 2.45. The molecule has 3 heterocycles. The van der Waals surface area contributed by atoms with E-state index in [0.717, 1.165) is 45.6 Å². The molecule has 2 fully saturated rings. The summed E-state index contributed by atoms with van der Waals surface area (Å²) in [5.74, 6) is 0.649. The van der Waals surface area contributed by atoms with Crippen LogP contribution in [0.4, 0.5) is 0 Å². The summed E-state index contributed by atoms with van der Waals surface area (Å²) in [6.07, 6.45) is 6.82. The number of nitrogens with zero attached hydrogens (tertiary/aromatic N) is 3. The second kappa shape index (κ2) is 5.20. The number of aromatic nitrogens is 2. The van der Waals surface area contributed by atoms with Crippen LogP contribution in [0.2, 0.25) is 0 Å². The molecule has 0 N–H and O–H groups in total. The second-order valence-electron chi connectivity index (χ2n) is 5.94. The standard InChI is InChI=1S/C15H23N3O2/c1-3-17-9-7-16-13(17)14(19)18-8-4-15(12(18)2)5-10-20-11-6-15/h7,9,12H,3-6,8,10-11H2,1-2H3. The zero-order chi connectivity index (χ0) is 14.2. The Bertz CT molecular complexity index is 491. The first-order chi connectivity index (χ1) is 9.68. The first kappa shape index (κ1) is 13.6. The van der Waals surface area contributed by atoms with E-state index in [2.05, 4.69) is 11.9 Å². The van der Waals surface area contributed by atoms with Crippen LogP contribution < -0.4 is 0 Å². The monoisotopic (exact) mass is 277 g/mol. The van der Waals surface area contributed by atoms with Gasteiger partial charge in [0.05, 0.1) is 0 Å². The van der Waals surface area contributed by atoms with Crippen molar-refractivity contribution in [1.29, 1.82) is 0 Å². The van der Waals surface area contributed by atoms with Crippen molar-refractivity contribution >= 4 is 5.91 Å². The van der Waals surface area contributed by atoms with Crippen molar-refractivity contribution in [3.63, 3.8) is 0 Å². The smallest absolute Gasteiger partial charge is 0.290 e. The maximum Gasteiger partial charge on any atom is 0.290 e. The summed E-state index contributed by atoms with van der Waals surface area (Å²) < 4.78 is 7.41. The lowest BCUT2D eigenvalue weighted by Gasteiger charge is -2.38. The quantitative estimate of drug-likeness (QED) is 0.830. The van der Waals surface area contributed by atoms with Crippen molar-refractivity contribution in [3.05, 3.63) is 18.2 Å². The molecule has 5 heteroatoms. The molecule has 110 valence electrons. The van der Waals surface area contributed by atoms with E-state index in [0.29, 0.717) is 5.82 Å². The number of imidazole rings is 1. The predicted molar refractivity (Wildman–Crippen MR) is 75.5 cm³/mol. The summed E-state index contributed by atoms with van der Waals surface area (Å²) in [7, 11) is 0. The first-order valence-corrected chi connectivity index (χ1v) is 7.58. The number of carbonyl (C=O) groups excluding carboxylic acids is 1. The summed E-state index contributed by atoms with van der Waals surface area (Å²) in [4.78, 5) is 19.0. The molecule has 0 saturated carbocycles. The third-order valence-corrected chi connectivity index (χ3v) is 5.20. The zero-order valence-corrected chi connectivity index (χ0v) is 12.3. The van der Waals surface area contributed by atoms with Crippen molar-refractivity contribution < 1.29 is 9.53 Å². The van der Waals surface area contributed by atoms with Crippen LogP contribution in [0.1, 0.15) is 43.7 Å². The van der Waals surface area contributed by atoms with Crippen LogP contribution >= 0.6 is 0 Å². The molecule has 5 nitrogen and oxygen atoms in total. The van der Waals surface area contributed by atoms with E-state index in [-0.39, 0.29) is 17.4 Å². The molecule has 0 aromatic carbocycles. The van der Waals surface area contributed by atoms with Gasteiger partial charge in [-0.25, -0.2) is 4.98 Å². The van der Waals surface area contributed by atoms with Gasteiger partial charge in [-0.05, 0) is 38.5 Å². The van der Waals surface area contributed by atoms with E-state index in [4.69, 9.17) is 4.74 Å². The molecule has 3 rings (SSSR count). The number of hydrogen-bond acceptors (Lipinski definition) is 3. The normalized spacial score (nSPS) is 25.3. The van der Waals surface area contributed by atoms with Crippen molar-refractivity contribution in [2.24, 2.45) is 5.41 Å². The summed E-state index contributed by atoms with van der Waals surface area (Å²) in [6, 6.07) is 0.279. The van der Waals surface area contributed by atoms with E-state index in [1.54, 1.807) is 6.20 Å². The highest BCUT2D eigenvalue weighted by Gasteiger charge is 2.47. The lowest BCUT2D eigenvalue weighted by Crippen LogP contribution is -2.44. The third kappa shape index (κ3) is 2.04. The fraction of sp³-hybridized carbons (Fsp3) is 0.733. The van der Waals surface area contributed by atoms with Gasteiger partial charge in [-0.2, -0.15) is 0 Å². The van der Waals surface area contributed by atoms with Gasteiger partial charge in [0.1, 0.15) is 0 Å². The van der Waals surface area contributed by atoms with Crippen LogP contribution in [0.15, 0.2) is 12.4 Å². The number of rotatable bonds is 2. The Hall–Kier alpha value is -1.36. The molecule has 1 unspecified atom stereocenters. The SMILES string of the molecule is CCn1ccnc1C(=O)N1CCC2(CCOCC2)C1C. The Morgan fingerprint density at radius 1 is 1.45 bits per heavy atom. The lowest BCUT2D eigenvalue weighted by molar-refractivity contribution is -0.0000366. The van der Waals surface area contributed by atoms with E-state index in [1.165, 1.54) is 0 Å². The molecule has 20 heavy (non-hydrogen) atoms. The molecule has 0 bridgehead atoms. The Morgan fingerprint density at radius 2 is 2.20 bits per heavy atom. The van der Waals surface area contributed by atoms with Crippen LogP contribution in [0.5, 0.6) is 0 Å². The Balaban J connectivity index is 1.80. The molecule has 1 amide bonds. The molecule has 0 aliphatic carbocycles. The first-order valence-electron chi connectivity index (χ1n) is 7.58. The van der Waals surface area contributed by atoms with Crippen LogP contribution in [0.25, 0.3) is 0 Å². The highest BCUT2D eigenvalue weighted by atomic mass is 16.5. The van der Waals surface area contributed by atoms with Crippen molar-refractivity contribution in [1.82, 2.24) is 14.5 Å². The fourth-order valence-corrected chi connectivity index (χ4v) is 3.69. The summed E-state index contributed by atoms with van der Waals surface area (Å²) in [6.45, 7) is 7.51. The van der Waals surface area contributed by atoms with Gasteiger partial charge in [-0.1, -0.05) is 0 Å². The summed E-state index contributed by atoms with van der Waals surface area (Å²) >= 11 is 0. The van der Waals surface area contributed by atoms with Gasteiger partial charge in [0.2, 0.25) is 0 Å². The Labute approximate surface area is 119 Å². The van der Waals surface area contributed by atoms with Crippen LogP contribution in [-0.2, 0) is 11.3 Å². The lowest BCUT2D eigenvalue weighted by atomic mass is 9.74. The number of aryl methyl sites for hydroxylation is 1. The van der Waals surface area contributed by atoms with Gasteiger partial charge in [-0.15, -0.1) is 0 Å². The fourth-order valence-electron chi connectivity index (χ4n) is 3.69. The maximum absolute atomic E-state index is 12.7. The Kier molecular flexibility index (Phi) is 3.54. The molecule has 1 aromatic heterocycles. The molecule has 1 spiro atoms. The minimum absolute atomic E-state index is 0.0766. The van der Waals surface area contributed by atoms with Gasteiger partial charge >= 0.3 is 0 Å². The molecule has 1 aromatic rings. The van der Waals surface area contributed by atoms with Crippen LogP contribution in [0.3, 0.4) is 0 Å². The zero-order valence-electron chi connectivity index (χ0n) is 12.3. The van der Waals surface area contributed by atoms with E-state index < -0.39 is 0 Å². The van der Waals surface area contributed by atoms with E-state index in [1.807, 2.05) is 22.6 Å². The van der Waals surface area contributed by atoms with Crippen molar-refractivity contribution in [2.75, 3.05) is 19.8 Å². The molecular formula is C15H23N3O2. The van der Waals surface area contributed by atoms with Crippen LogP contribution in [-0.4, -0.2) is 46.2 Å². The molecule has 2 saturated heterocycles. The largest absolute Gasteiger partial charge is 0.381 e. The average Bonchev–Trinajstić information content (AvgIpc) is 3.06. The number of amides is 1. The number of hydrogen-bond donors (Lipinski definition) is 0. The van der Waals surface area contributed by atoms with Crippen molar-refractivity contribution in [2.45, 2.75) is 45.7 Å². The van der Waals surface area contributed by atoms with Gasteiger partial charge in [0.25, 0.3) is 5.91 Å². The molecule has 0 radical (unpaired) electrons. The Morgan fingerprint density at radius 3 is 2.90 bits per heavy atom.